The SMILES string of the molecule is Cc1ccncc1C(=O)NCC(=O)N1CCCCCNC(=O)CC1c1ccccc1. The molecule has 1 unspecified atom stereocenters. The molecule has 1 saturated heterocycles. The third kappa shape index (κ3) is 5.65. The summed E-state index contributed by atoms with van der Waals surface area (Å²) in [6, 6.07) is 11.0. The maximum Gasteiger partial charge on any atom is 0.253 e. The Balaban J connectivity index is 1.76. The largest absolute Gasteiger partial charge is 0.356 e. The van der Waals surface area contributed by atoms with Crippen LogP contribution in [-0.4, -0.2) is 47.2 Å². The van der Waals surface area contributed by atoms with E-state index in [9.17, 15) is 14.4 Å². The summed E-state index contributed by atoms with van der Waals surface area (Å²) >= 11 is 0. The van der Waals surface area contributed by atoms with Crippen LogP contribution in [0.3, 0.4) is 0 Å². The van der Waals surface area contributed by atoms with Gasteiger partial charge in [0.15, 0.2) is 0 Å². The van der Waals surface area contributed by atoms with Gasteiger partial charge in [0.2, 0.25) is 11.8 Å². The molecule has 7 nitrogen and oxygen atoms in total. The van der Waals surface area contributed by atoms with E-state index in [0.29, 0.717) is 18.7 Å². The Bertz CT molecular complexity index is 885. The number of hydrogen-bond donors (Lipinski definition) is 2. The van der Waals surface area contributed by atoms with Gasteiger partial charge in [-0.05, 0) is 43.4 Å². The second-order valence-corrected chi connectivity index (χ2v) is 7.50. The van der Waals surface area contributed by atoms with E-state index in [2.05, 4.69) is 15.6 Å². The Morgan fingerprint density at radius 3 is 2.73 bits per heavy atom. The van der Waals surface area contributed by atoms with Gasteiger partial charge in [-0.1, -0.05) is 30.3 Å². The molecule has 158 valence electrons. The Hall–Kier alpha value is -3.22. The average Bonchev–Trinajstić information content (AvgIpc) is 2.76. The van der Waals surface area contributed by atoms with E-state index in [0.717, 1.165) is 30.4 Å². The molecule has 1 aliphatic rings. The number of nitrogens with zero attached hydrogens (tertiary/aromatic N) is 2. The Kier molecular flexibility index (Phi) is 7.54. The van der Waals surface area contributed by atoms with Crippen LogP contribution in [-0.2, 0) is 9.59 Å². The van der Waals surface area contributed by atoms with Crippen LogP contribution in [0.15, 0.2) is 48.8 Å². The molecule has 0 radical (unpaired) electrons. The van der Waals surface area contributed by atoms with Gasteiger partial charge in [0.05, 0.1) is 24.6 Å². The van der Waals surface area contributed by atoms with E-state index in [1.807, 2.05) is 37.3 Å². The first kappa shape index (κ1) is 21.5. The number of aromatic nitrogens is 1. The monoisotopic (exact) mass is 408 g/mol. The zero-order chi connectivity index (χ0) is 21.3. The topological polar surface area (TPSA) is 91.4 Å². The number of aryl methyl sites for hydroxylation is 1. The van der Waals surface area contributed by atoms with Crippen LogP contribution in [0.2, 0.25) is 0 Å². The zero-order valence-corrected chi connectivity index (χ0v) is 17.3. The van der Waals surface area contributed by atoms with Gasteiger partial charge in [0.1, 0.15) is 0 Å². The van der Waals surface area contributed by atoms with Gasteiger partial charge in [-0.2, -0.15) is 0 Å². The predicted molar refractivity (Wildman–Crippen MR) is 114 cm³/mol. The van der Waals surface area contributed by atoms with Crippen molar-refractivity contribution in [2.24, 2.45) is 0 Å². The maximum atomic E-state index is 13.1. The van der Waals surface area contributed by atoms with Crippen molar-refractivity contribution in [3.8, 4) is 0 Å². The van der Waals surface area contributed by atoms with Gasteiger partial charge in [-0.25, -0.2) is 0 Å². The Morgan fingerprint density at radius 2 is 1.97 bits per heavy atom. The van der Waals surface area contributed by atoms with Crippen LogP contribution >= 0.6 is 0 Å². The van der Waals surface area contributed by atoms with Gasteiger partial charge in [0, 0.05) is 25.5 Å². The standard InChI is InChI=1S/C23H28N4O3/c1-17-10-12-24-15-19(17)23(30)26-16-22(29)27-13-7-3-6-11-25-21(28)14-20(27)18-8-4-2-5-9-18/h2,4-5,8-10,12,15,20H,3,6-7,11,13-14,16H2,1H3,(H,25,28)(H,26,30). The van der Waals surface area contributed by atoms with Crippen molar-refractivity contribution in [3.63, 3.8) is 0 Å². The van der Waals surface area contributed by atoms with Gasteiger partial charge < -0.3 is 15.5 Å². The molecule has 7 heteroatoms. The molecule has 1 atom stereocenters. The van der Waals surface area contributed by atoms with E-state index in [-0.39, 0.29) is 36.7 Å². The van der Waals surface area contributed by atoms with Gasteiger partial charge in [-0.15, -0.1) is 0 Å². The van der Waals surface area contributed by atoms with Crippen LogP contribution < -0.4 is 10.6 Å². The minimum absolute atomic E-state index is 0.0708. The second-order valence-electron chi connectivity index (χ2n) is 7.50. The molecule has 3 rings (SSSR count). The molecule has 0 aliphatic carbocycles. The normalized spacial score (nSPS) is 17.7. The van der Waals surface area contributed by atoms with Crippen LogP contribution in [0.5, 0.6) is 0 Å². The van der Waals surface area contributed by atoms with Crippen LogP contribution in [0.25, 0.3) is 0 Å². The Morgan fingerprint density at radius 1 is 1.17 bits per heavy atom. The summed E-state index contributed by atoms with van der Waals surface area (Å²) in [5.74, 6) is -0.602. The van der Waals surface area contributed by atoms with E-state index in [1.165, 1.54) is 6.20 Å². The molecule has 0 spiro atoms. The number of benzene rings is 1. The first-order valence-electron chi connectivity index (χ1n) is 10.4. The molecular formula is C23H28N4O3. The summed E-state index contributed by atoms with van der Waals surface area (Å²) < 4.78 is 0. The third-order valence-corrected chi connectivity index (χ3v) is 5.34. The minimum Gasteiger partial charge on any atom is -0.356 e. The molecule has 2 aromatic rings. The summed E-state index contributed by atoms with van der Waals surface area (Å²) in [7, 11) is 0. The highest BCUT2D eigenvalue weighted by Crippen LogP contribution is 2.26. The van der Waals surface area contributed by atoms with E-state index < -0.39 is 0 Å². The van der Waals surface area contributed by atoms with E-state index >= 15 is 0 Å². The number of amides is 3. The van der Waals surface area contributed by atoms with Crippen LogP contribution in [0.1, 0.15) is 53.2 Å². The van der Waals surface area contributed by atoms with E-state index in [4.69, 9.17) is 0 Å². The summed E-state index contributed by atoms with van der Waals surface area (Å²) in [6.07, 6.45) is 5.98. The fraction of sp³-hybridized carbons (Fsp3) is 0.391. The predicted octanol–water partition coefficient (Wildman–Crippen LogP) is 2.38. The van der Waals surface area contributed by atoms with Crippen molar-refractivity contribution in [2.75, 3.05) is 19.6 Å². The van der Waals surface area contributed by atoms with E-state index in [1.54, 1.807) is 17.2 Å². The van der Waals surface area contributed by atoms with Gasteiger partial charge in [-0.3, -0.25) is 19.4 Å². The van der Waals surface area contributed by atoms with Crippen LogP contribution in [0, 0.1) is 6.92 Å². The summed E-state index contributed by atoms with van der Waals surface area (Å²) in [5.41, 5.74) is 2.16. The lowest BCUT2D eigenvalue weighted by molar-refractivity contribution is -0.134. The number of carbonyl (C=O) groups excluding carboxylic acids is 3. The number of rotatable bonds is 4. The fourth-order valence-electron chi connectivity index (χ4n) is 3.65. The van der Waals surface area contributed by atoms with Crippen molar-refractivity contribution in [1.29, 1.82) is 0 Å². The molecule has 2 N–H and O–H groups in total. The highest BCUT2D eigenvalue weighted by Gasteiger charge is 2.28. The minimum atomic E-state index is -0.367. The summed E-state index contributed by atoms with van der Waals surface area (Å²) in [5, 5.41) is 5.65. The number of carbonyl (C=O) groups is 3. The number of nitrogens with one attached hydrogen (secondary N) is 2. The Labute approximate surface area is 176 Å². The highest BCUT2D eigenvalue weighted by atomic mass is 16.2. The van der Waals surface area contributed by atoms with Crippen molar-refractivity contribution in [2.45, 2.75) is 38.6 Å². The zero-order valence-electron chi connectivity index (χ0n) is 17.3. The lowest BCUT2D eigenvalue weighted by Gasteiger charge is -2.33. The second kappa shape index (κ2) is 10.5. The molecule has 1 aromatic carbocycles. The van der Waals surface area contributed by atoms with Crippen molar-refractivity contribution in [1.82, 2.24) is 20.5 Å². The summed E-state index contributed by atoms with van der Waals surface area (Å²) in [4.78, 5) is 43.8. The molecule has 2 heterocycles. The third-order valence-electron chi connectivity index (χ3n) is 5.34. The fourth-order valence-corrected chi connectivity index (χ4v) is 3.65. The van der Waals surface area contributed by atoms with Gasteiger partial charge in [0.25, 0.3) is 5.91 Å². The quantitative estimate of drug-likeness (QED) is 0.813. The molecular weight excluding hydrogens is 380 g/mol. The number of hydrogen-bond acceptors (Lipinski definition) is 4. The highest BCUT2D eigenvalue weighted by molar-refractivity contribution is 5.97. The molecule has 30 heavy (non-hydrogen) atoms. The lowest BCUT2D eigenvalue weighted by Crippen LogP contribution is -2.44. The van der Waals surface area contributed by atoms with Crippen LogP contribution in [0.4, 0.5) is 0 Å². The van der Waals surface area contributed by atoms with Crippen molar-refractivity contribution < 1.29 is 14.4 Å². The first-order chi connectivity index (χ1) is 14.6. The molecule has 1 aliphatic heterocycles. The summed E-state index contributed by atoms with van der Waals surface area (Å²) in [6.45, 7) is 2.91. The number of pyridine rings is 1. The molecule has 1 aromatic heterocycles. The maximum absolute atomic E-state index is 13.1. The molecule has 0 saturated carbocycles. The lowest BCUT2D eigenvalue weighted by atomic mass is 10.00. The first-order valence-corrected chi connectivity index (χ1v) is 10.4. The molecule has 1 fully saturated rings. The van der Waals surface area contributed by atoms with Crippen molar-refractivity contribution >= 4 is 17.7 Å². The van der Waals surface area contributed by atoms with Crippen molar-refractivity contribution in [3.05, 3.63) is 65.5 Å². The molecule has 3 amide bonds. The molecule has 0 bridgehead atoms. The average molecular weight is 409 g/mol. The van der Waals surface area contributed by atoms with Gasteiger partial charge >= 0.3 is 0 Å². The smallest absolute Gasteiger partial charge is 0.253 e.